The molecule has 2 aromatic rings. The first-order chi connectivity index (χ1) is 16.6. The van der Waals surface area contributed by atoms with Crippen molar-refractivity contribution in [1.82, 2.24) is 14.7 Å². The Labute approximate surface area is 203 Å². The molecule has 0 saturated carbocycles. The van der Waals surface area contributed by atoms with Gasteiger partial charge in [0.25, 0.3) is 6.43 Å². The lowest BCUT2D eigenvalue weighted by atomic mass is 9.83. The second-order valence-electron chi connectivity index (χ2n) is 8.73. The zero-order valence-electron chi connectivity index (χ0n) is 20.6. The monoisotopic (exact) mass is 487 g/mol. The summed E-state index contributed by atoms with van der Waals surface area (Å²) in [5.41, 5.74) is 8.06. The van der Waals surface area contributed by atoms with Crippen molar-refractivity contribution in [3.63, 3.8) is 0 Å². The number of ether oxygens (including phenoxy) is 1. The van der Waals surface area contributed by atoms with Crippen LogP contribution in [0.2, 0.25) is 0 Å². The van der Waals surface area contributed by atoms with Gasteiger partial charge in [0.05, 0.1) is 36.5 Å². The Morgan fingerprint density at radius 2 is 2.09 bits per heavy atom. The summed E-state index contributed by atoms with van der Waals surface area (Å²) in [6.45, 7) is 10.9. The van der Waals surface area contributed by atoms with Crippen LogP contribution in [0, 0.1) is 18.3 Å². The molecule has 0 amide bonds. The maximum absolute atomic E-state index is 13.8. The number of aliphatic imine (C=N–C) groups is 2. The molecule has 0 spiro atoms. The molecule has 1 unspecified atom stereocenters. The first-order valence-electron chi connectivity index (χ1n) is 11.2. The molecule has 1 fully saturated rings. The summed E-state index contributed by atoms with van der Waals surface area (Å²) in [4.78, 5) is 9.91. The van der Waals surface area contributed by atoms with Crippen LogP contribution >= 0.6 is 0 Å². The summed E-state index contributed by atoms with van der Waals surface area (Å²) >= 11 is 0. The van der Waals surface area contributed by atoms with Crippen molar-refractivity contribution in [1.29, 1.82) is 5.26 Å². The van der Waals surface area contributed by atoms with Crippen molar-refractivity contribution in [2.24, 2.45) is 15.7 Å². The smallest absolute Gasteiger partial charge is 0.282 e. The molecular weight excluding hydrogens is 456 g/mol. The van der Waals surface area contributed by atoms with Gasteiger partial charge in [0.1, 0.15) is 17.3 Å². The van der Waals surface area contributed by atoms with Gasteiger partial charge in [-0.25, -0.2) is 18.5 Å². The van der Waals surface area contributed by atoms with Gasteiger partial charge in [-0.15, -0.1) is 0 Å². The Hall–Kier alpha value is -3.36. The molecular formula is C24H31F2N7O2. The minimum atomic E-state index is -2.90. The highest BCUT2D eigenvalue weighted by Crippen LogP contribution is 2.43. The maximum Gasteiger partial charge on any atom is 0.282 e. The fourth-order valence-corrected chi connectivity index (χ4v) is 4.73. The number of likely N-dealkylation sites (tertiary alicyclic amines) is 1. The quantitative estimate of drug-likeness (QED) is 0.414. The number of rotatable bonds is 9. The number of hydrogen-bond acceptors (Lipinski definition) is 7. The number of benzene rings is 1. The predicted molar refractivity (Wildman–Crippen MR) is 130 cm³/mol. The molecule has 1 saturated heterocycles. The van der Waals surface area contributed by atoms with Crippen molar-refractivity contribution < 1.29 is 18.6 Å². The van der Waals surface area contributed by atoms with E-state index >= 15 is 0 Å². The molecule has 1 aromatic heterocycles. The molecule has 11 heteroatoms. The SMILES string of the molecule is C=Nc1c(C(N)=NC)c(C(F)F)nn1C(C)c1cc(C#N)c(C)c(C2CN(C[C@H](C)O)C2)c1OC. The number of aliphatic hydroxyl groups is 1. The van der Waals surface area contributed by atoms with Gasteiger partial charge in [-0.1, -0.05) is 0 Å². The number of nitrogens with two attached hydrogens (primary N) is 1. The number of methoxy groups -OCH3 is 1. The fraction of sp³-hybridized carbons (Fsp3) is 0.500. The van der Waals surface area contributed by atoms with Crippen molar-refractivity contribution in [2.45, 2.75) is 45.3 Å². The van der Waals surface area contributed by atoms with Gasteiger partial charge in [-0.2, -0.15) is 10.4 Å². The summed E-state index contributed by atoms with van der Waals surface area (Å²) in [5, 5.41) is 23.7. The Bertz CT molecular complexity index is 1180. The van der Waals surface area contributed by atoms with Gasteiger partial charge in [0.2, 0.25) is 0 Å². The van der Waals surface area contributed by atoms with E-state index in [1.165, 1.54) is 11.7 Å². The normalized spacial score (nSPS) is 16.6. The second kappa shape index (κ2) is 10.5. The maximum atomic E-state index is 13.8. The highest BCUT2D eigenvalue weighted by molar-refractivity contribution is 6.02. The summed E-state index contributed by atoms with van der Waals surface area (Å²) in [5.74, 6) is 0.597. The molecule has 188 valence electrons. The van der Waals surface area contributed by atoms with E-state index in [9.17, 15) is 19.1 Å². The Kier molecular flexibility index (Phi) is 7.87. The highest BCUT2D eigenvalue weighted by atomic mass is 19.3. The van der Waals surface area contributed by atoms with Crippen LogP contribution in [-0.4, -0.2) is 72.2 Å². The lowest BCUT2D eigenvalue weighted by Crippen LogP contribution is -2.48. The number of halogens is 2. The van der Waals surface area contributed by atoms with Crippen LogP contribution in [0.25, 0.3) is 0 Å². The summed E-state index contributed by atoms with van der Waals surface area (Å²) in [6.07, 6.45) is -3.35. The molecule has 2 atom stereocenters. The van der Waals surface area contributed by atoms with Crippen molar-refractivity contribution >= 4 is 18.4 Å². The van der Waals surface area contributed by atoms with Crippen molar-refractivity contribution in [3.05, 3.63) is 39.6 Å². The molecule has 3 N–H and O–H groups in total. The number of nitriles is 1. The van der Waals surface area contributed by atoms with Crippen molar-refractivity contribution in [2.75, 3.05) is 33.8 Å². The topological polar surface area (TPSA) is 125 Å². The average Bonchev–Trinajstić information content (AvgIpc) is 3.20. The third-order valence-electron chi connectivity index (χ3n) is 6.41. The van der Waals surface area contributed by atoms with Gasteiger partial charge in [0.15, 0.2) is 5.82 Å². The van der Waals surface area contributed by atoms with E-state index in [1.54, 1.807) is 27.0 Å². The van der Waals surface area contributed by atoms with E-state index in [4.69, 9.17) is 10.5 Å². The van der Waals surface area contributed by atoms with Crippen LogP contribution in [0.15, 0.2) is 16.1 Å². The molecule has 1 aromatic carbocycles. The first-order valence-corrected chi connectivity index (χ1v) is 11.2. The van der Waals surface area contributed by atoms with E-state index in [0.29, 0.717) is 36.5 Å². The van der Waals surface area contributed by atoms with Gasteiger partial charge in [-0.05, 0) is 39.1 Å². The Morgan fingerprint density at radius 1 is 1.43 bits per heavy atom. The van der Waals surface area contributed by atoms with Crippen LogP contribution < -0.4 is 10.5 Å². The summed E-state index contributed by atoms with van der Waals surface area (Å²) in [6, 6.07) is 3.30. The van der Waals surface area contributed by atoms with E-state index in [0.717, 1.165) is 11.1 Å². The number of alkyl halides is 2. The van der Waals surface area contributed by atoms with Crippen LogP contribution in [-0.2, 0) is 0 Å². The fourth-order valence-electron chi connectivity index (χ4n) is 4.73. The third kappa shape index (κ3) is 4.76. The molecule has 2 heterocycles. The molecule has 1 aliphatic heterocycles. The largest absolute Gasteiger partial charge is 0.496 e. The highest BCUT2D eigenvalue weighted by Gasteiger charge is 2.35. The molecule has 0 aliphatic carbocycles. The zero-order valence-corrected chi connectivity index (χ0v) is 20.6. The number of aromatic nitrogens is 2. The van der Waals surface area contributed by atoms with Crippen LogP contribution in [0.4, 0.5) is 14.6 Å². The van der Waals surface area contributed by atoms with Crippen LogP contribution in [0.1, 0.15) is 65.7 Å². The number of aliphatic hydroxyl groups excluding tert-OH is 1. The summed E-state index contributed by atoms with van der Waals surface area (Å²) < 4.78 is 34.9. The van der Waals surface area contributed by atoms with E-state index < -0.39 is 24.3 Å². The molecule has 0 bridgehead atoms. The van der Waals surface area contributed by atoms with Crippen molar-refractivity contribution in [3.8, 4) is 11.8 Å². The lowest BCUT2D eigenvalue weighted by Gasteiger charge is -2.41. The van der Waals surface area contributed by atoms with Gasteiger partial charge in [0, 0.05) is 43.7 Å². The number of β-amino-alcohol motifs (C(OH)–C–C–N with tert-alkyl or cyclic N) is 1. The van der Waals surface area contributed by atoms with Gasteiger partial charge < -0.3 is 15.6 Å². The minimum absolute atomic E-state index is 0.0605. The second-order valence-corrected chi connectivity index (χ2v) is 8.73. The molecule has 3 rings (SSSR count). The lowest BCUT2D eigenvalue weighted by molar-refractivity contribution is 0.0732. The number of nitrogens with zero attached hydrogens (tertiary/aromatic N) is 6. The van der Waals surface area contributed by atoms with Crippen LogP contribution in [0.5, 0.6) is 5.75 Å². The van der Waals surface area contributed by atoms with Crippen LogP contribution in [0.3, 0.4) is 0 Å². The first kappa shape index (κ1) is 26.2. The Morgan fingerprint density at radius 3 is 2.57 bits per heavy atom. The average molecular weight is 488 g/mol. The molecule has 9 nitrogen and oxygen atoms in total. The number of hydrogen-bond donors (Lipinski definition) is 2. The van der Waals surface area contributed by atoms with E-state index in [2.05, 4.69) is 32.8 Å². The molecule has 1 aliphatic rings. The Balaban J connectivity index is 2.17. The standard InChI is InChI=1S/C24H31F2N7O2/c1-12(34)9-32-10-16(11-32)18-13(2)15(8-27)7-17(21(18)35-6)14(3)33-24(30-5)19(23(28)29-4)20(31-33)22(25)26/h7,12,14,16,22,34H,5,9-11H2,1-4,6H3,(H2,28,29)/t12-,14?/m0/s1. The third-order valence-corrected chi connectivity index (χ3v) is 6.41. The zero-order chi connectivity index (χ0) is 26.0. The number of amidine groups is 1. The summed E-state index contributed by atoms with van der Waals surface area (Å²) in [7, 11) is 2.94. The van der Waals surface area contributed by atoms with E-state index in [1.807, 2.05) is 6.92 Å². The van der Waals surface area contributed by atoms with Gasteiger partial charge in [-0.3, -0.25) is 9.89 Å². The van der Waals surface area contributed by atoms with Gasteiger partial charge >= 0.3 is 0 Å². The predicted octanol–water partition coefficient (Wildman–Crippen LogP) is 3.07. The molecule has 35 heavy (non-hydrogen) atoms. The molecule has 0 radical (unpaired) electrons. The minimum Gasteiger partial charge on any atom is -0.496 e. The van der Waals surface area contributed by atoms with E-state index in [-0.39, 0.29) is 23.1 Å².